The molecule has 0 saturated carbocycles. The summed E-state index contributed by atoms with van der Waals surface area (Å²) in [6, 6.07) is 22.9. The highest BCUT2D eigenvalue weighted by molar-refractivity contribution is 5.83. The summed E-state index contributed by atoms with van der Waals surface area (Å²) in [7, 11) is 3.54. The lowest BCUT2D eigenvalue weighted by molar-refractivity contribution is -0.131. The van der Waals surface area contributed by atoms with E-state index in [4.69, 9.17) is 4.42 Å². The number of amides is 1. The van der Waals surface area contributed by atoms with Gasteiger partial charge in [0.05, 0.1) is 12.3 Å². The van der Waals surface area contributed by atoms with Crippen LogP contribution < -0.4 is 5.32 Å². The van der Waals surface area contributed by atoms with Crippen molar-refractivity contribution in [3.63, 3.8) is 0 Å². The van der Waals surface area contributed by atoms with Gasteiger partial charge >= 0.3 is 0 Å². The quantitative estimate of drug-likeness (QED) is 0.746. The van der Waals surface area contributed by atoms with Crippen LogP contribution in [-0.4, -0.2) is 24.9 Å². The van der Waals surface area contributed by atoms with E-state index in [-0.39, 0.29) is 11.9 Å². The fourth-order valence-corrected chi connectivity index (χ4v) is 2.82. The second-order valence-electron chi connectivity index (χ2n) is 6.10. The Morgan fingerprint density at radius 3 is 2.00 bits per heavy atom. The predicted molar refractivity (Wildman–Crippen MR) is 98.0 cm³/mol. The van der Waals surface area contributed by atoms with Gasteiger partial charge in [-0.2, -0.15) is 0 Å². The molecule has 4 nitrogen and oxygen atoms in total. The Kier molecular flexibility index (Phi) is 5.31. The molecule has 0 saturated heterocycles. The monoisotopic (exact) mass is 334 g/mol. The van der Waals surface area contributed by atoms with Crippen LogP contribution in [-0.2, 0) is 4.79 Å². The number of hydrogen-bond donors (Lipinski definition) is 1. The van der Waals surface area contributed by atoms with Gasteiger partial charge in [-0.05, 0) is 23.3 Å². The van der Waals surface area contributed by atoms with Crippen LogP contribution in [0.25, 0.3) is 0 Å². The molecule has 4 heteroatoms. The molecule has 25 heavy (non-hydrogen) atoms. The molecule has 2 aromatic carbocycles. The summed E-state index contributed by atoms with van der Waals surface area (Å²) in [6.07, 6.45) is 1.65. The van der Waals surface area contributed by atoms with Crippen LogP contribution in [0.4, 0.5) is 0 Å². The molecule has 3 rings (SSSR count). The number of hydrogen-bond acceptors (Lipinski definition) is 3. The van der Waals surface area contributed by atoms with E-state index in [1.165, 1.54) is 0 Å². The maximum atomic E-state index is 12.8. The molecule has 1 aromatic heterocycles. The zero-order chi connectivity index (χ0) is 17.6. The Labute approximate surface area is 148 Å². The highest BCUT2D eigenvalue weighted by atomic mass is 16.3. The van der Waals surface area contributed by atoms with E-state index in [9.17, 15) is 4.79 Å². The molecule has 2 atom stereocenters. The van der Waals surface area contributed by atoms with Gasteiger partial charge in [-0.25, -0.2) is 0 Å². The first-order chi connectivity index (χ1) is 12.2. The highest BCUT2D eigenvalue weighted by Gasteiger charge is 2.27. The Morgan fingerprint density at radius 1 is 0.880 bits per heavy atom. The highest BCUT2D eigenvalue weighted by Crippen LogP contribution is 2.27. The third kappa shape index (κ3) is 3.98. The lowest BCUT2D eigenvalue weighted by Gasteiger charge is -2.27. The number of carbonyl (C=O) groups is 1. The molecule has 128 valence electrons. The molecule has 0 fully saturated rings. The predicted octanol–water partition coefficient (Wildman–Crippen LogP) is 3.79. The van der Waals surface area contributed by atoms with Gasteiger partial charge in [-0.3, -0.25) is 10.1 Å². The number of furan rings is 1. The maximum absolute atomic E-state index is 12.8. The number of benzene rings is 2. The molecule has 1 amide bonds. The van der Waals surface area contributed by atoms with Crippen LogP contribution in [0.5, 0.6) is 0 Å². The van der Waals surface area contributed by atoms with Crippen molar-refractivity contribution in [1.82, 2.24) is 10.2 Å². The normalized spacial score (nSPS) is 13.2. The maximum Gasteiger partial charge on any atom is 0.243 e. The zero-order valence-electron chi connectivity index (χ0n) is 14.4. The SMILES string of the molecule is CN(C)C(=O)[C@H](N[C@H](c1ccccc1)c1ccco1)c1ccccc1. The van der Waals surface area contributed by atoms with Gasteiger partial charge < -0.3 is 9.32 Å². The fourth-order valence-electron chi connectivity index (χ4n) is 2.82. The standard InChI is InChI=1S/C21H22N2O2/c1-23(2)21(24)20(17-12-7-4-8-13-17)22-19(18-14-9-15-25-18)16-10-5-3-6-11-16/h3-15,19-20,22H,1-2H3/t19-,20-/m1/s1. The molecule has 0 aliphatic carbocycles. The minimum absolute atomic E-state index is 0.00122. The Bertz CT molecular complexity index is 783. The van der Waals surface area contributed by atoms with Crippen LogP contribution in [0.3, 0.4) is 0 Å². The van der Waals surface area contributed by atoms with Crippen molar-refractivity contribution >= 4 is 5.91 Å². The fraction of sp³-hybridized carbons (Fsp3) is 0.190. The topological polar surface area (TPSA) is 45.5 Å². The van der Waals surface area contributed by atoms with Crippen LogP contribution >= 0.6 is 0 Å². The van der Waals surface area contributed by atoms with Crippen LogP contribution in [0.2, 0.25) is 0 Å². The third-order valence-corrected chi connectivity index (χ3v) is 4.11. The Morgan fingerprint density at radius 2 is 1.48 bits per heavy atom. The number of rotatable bonds is 6. The van der Waals surface area contributed by atoms with E-state index in [1.807, 2.05) is 72.8 Å². The zero-order valence-corrected chi connectivity index (χ0v) is 14.4. The van der Waals surface area contributed by atoms with E-state index in [1.54, 1.807) is 25.3 Å². The number of carbonyl (C=O) groups excluding carboxylic acids is 1. The average molecular weight is 334 g/mol. The van der Waals surface area contributed by atoms with Crippen molar-refractivity contribution in [3.8, 4) is 0 Å². The van der Waals surface area contributed by atoms with Crippen molar-refractivity contribution in [1.29, 1.82) is 0 Å². The van der Waals surface area contributed by atoms with Gasteiger partial charge in [0.1, 0.15) is 11.8 Å². The first-order valence-corrected chi connectivity index (χ1v) is 8.27. The number of likely N-dealkylation sites (N-methyl/N-ethyl adjacent to an activating group) is 1. The van der Waals surface area contributed by atoms with Gasteiger partial charge in [-0.1, -0.05) is 60.7 Å². The minimum atomic E-state index is -0.466. The van der Waals surface area contributed by atoms with E-state index in [2.05, 4.69) is 5.32 Å². The largest absolute Gasteiger partial charge is 0.467 e. The van der Waals surface area contributed by atoms with Gasteiger partial charge in [0.2, 0.25) is 5.91 Å². The smallest absolute Gasteiger partial charge is 0.243 e. The molecular formula is C21H22N2O2. The van der Waals surface area contributed by atoms with E-state index in [0.29, 0.717) is 0 Å². The second kappa shape index (κ2) is 7.81. The lowest BCUT2D eigenvalue weighted by Crippen LogP contribution is -2.39. The summed E-state index contributed by atoms with van der Waals surface area (Å²) in [4.78, 5) is 14.4. The lowest BCUT2D eigenvalue weighted by atomic mass is 10.00. The van der Waals surface area contributed by atoms with Gasteiger partial charge in [0, 0.05) is 14.1 Å². The van der Waals surface area contributed by atoms with Crippen molar-refractivity contribution in [2.75, 3.05) is 14.1 Å². The molecule has 1 heterocycles. The minimum Gasteiger partial charge on any atom is -0.467 e. The van der Waals surface area contributed by atoms with E-state index < -0.39 is 6.04 Å². The second-order valence-corrected chi connectivity index (χ2v) is 6.10. The Hall–Kier alpha value is -2.85. The molecule has 0 aliphatic rings. The number of nitrogens with zero attached hydrogens (tertiary/aromatic N) is 1. The summed E-state index contributed by atoms with van der Waals surface area (Å²) < 4.78 is 5.64. The summed E-state index contributed by atoms with van der Waals surface area (Å²) in [6.45, 7) is 0. The molecule has 3 aromatic rings. The first kappa shape index (κ1) is 17.0. The van der Waals surface area contributed by atoms with Crippen molar-refractivity contribution < 1.29 is 9.21 Å². The molecule has 0 aliphatic heterocycles. The average Bonchev–Trinajstić information content (AvgIpc) is 3.18. The third-order valence-electron chi connectivity index (χ3n) is 4.11. The summed E-state index contributed by atoms with van der Waals surface area (Å²) in [5.41, 5.74) is 1.97. The van der Waals surface area contributed by atoms with Gasteiger partial charge in [-0.15, -0.1) is 0 Å². The molecule has 1 N–H and O–H groups in total. The molecular weight excluding hydrogens is 312 g/mol. The summed E-state index contributed by atoms with van der Waals surface area (Å²) in [5, 5.41) is 3.49. The van der Waals surface area contributed by atoms with Crippen molar-refractivity contribution in [2.24, 2.45) is 0 Å². The molecule has 0 unspecified atom stereocenters. The van der Waals surface area contributed by atoms with Crippen LogP contribution in [0.15, 0.2) is 83.5 Å². The number of nitrogens with one attached hydrogen (secondary N) is 1. The molecule has 0 spiro atoms. The van der Waals surface area contributed by atoms with Gasteiger partial charge in [0.15, 0.2) is 0 Å². The summed E-state index contributed by atoms with van der Waals surface area (Å²) in [5.74, 6) is 0.775. The Balaban J connectivity index is 1.98. The van der Waals surface area contributed by atoms with Crippen LogP contribution in [0.1, 0.15) is 29.0 Å². The summed E-state index contributed by atoms with van der Waals surface area (Å²) >= 11 is 0. The molecule has 0 radical (unpaired) electrons. The van der Waals surface area contributed by atoms with Gasteiger partial charge in [0.25, 0.3) is 0 Å². The van der Waals surface area contributed by atoms with Crippen LogP contribution in [0, 0.1) is 0 Å². The molecule has 0 bridgehead atoms. The van der Waals surface area contributed by atoms with Crippen molar-refractivity contribution in [3.05, 3.63) is 95.9 Å². The van der Waals surface area contributed by atoms with E-state index in [0.717, 1.165) is 16.9 Å². The van der Waals surface area contributed by atoms with E-state index >= 15 is 0 Å². The van der Waals surface area contributed by atoms with Crippen molar-refractivity contribution in [2.45, 2.75) is 12.1 Å². The first-order valence-electron chi connectivity index (χ1n) is 8.27.